The molecule has 98 valence electrons. The van der Waals surface area contributed by atoms with Crippen molar-refractivity contribution in [1.29, 1.82) is 0 Å². The third-order valence-corrected chi connectivity index (χ3v) is 3.27. The zero-order valence-corrected chi connectivity index (χ0v) is 11.8. The molecule has 2 aromatic rings. The van der Waals surface area contributed by atoms with Gasteiger partial charge in [-0.15, -0.1) is 0 Å². The Morgan fingerprint density at radius 1 is 1.22 bits per heavy atom. The number of nitrogens with zero attached hydrogens (tertiary/aromatic N) is 1. The molecule has 0 fully saturated rings. The third-order valence-electron chi connectivity index (χ3n) is 3.27. The number of hydrogen-bond acceptors (Lipinski definition) is 3. The lowest BCUT2D eigenvalue weighted by molar-refractivity contribution is 0.403. The standard InChI is InChI=1S/C15H22N2O/c1-9(2)13(16)14-17-11-8-10(15(3,4)5)6-7-12(11)18-14/h6-9,13H,16H2,1-5H3. The van der Waals surface area contributed by atoms with Gasteiger partial charge in [-0.25, -0.2) is 4.98 Å². The summed E-state index contributed by atoms with van der Waals surface area (Å²) in [7, 11) is 0. The zero-order valence-electron chi connectivity index (χ0n) is 11.8. The Morgan fingerprint density at radius 2 is 1.89 bits per heavy atom. The van der Waals surface area contributed by atoms with Crippen LogP contribution in [0.3, 0.4) is 0 Å². The number of fused-ring (bicyclic) bond motifs is 1. The molecule has 2 N–H and O–H groups in total. The number of oxazole rings is 1. The van der Waals surface area contributed by atoms with Crippen LogP contribution in [0.25, 0.3) is 11.1 Å². The smallest absolute Gasteiger partial charge is 0.212 e. The molecule has 0 saturated heterocycles. The zero-order chi connectivity index (χ0) is 13.5. The Hall–Kier alpha value is -1.35. The minimum absolute atomic E-state index is 0.119. The predicted octanol–water partition coefficient (Wildman–Crippen LogP) is 3.78. The second-order valence-corrected chi connectivity index (χ2v) is 6.25. The predicted molar refractivity (Wildman–Crippen MR) is 74.5 cm³/mol. The van der Waals surface area contributed by atoms with Gasteiger partial charge in [0, 0.05) is 0 Å². The molecule has 1 atom stereocenters. The number of hydrogen-bond donors (Lipinski definition) is 1. The Balaban J connectivity index is 2.46. The molecule has 2 rings (SSSR count). The van der Waals surface area contributed by atoms with Gasteiger partial charge in [0.05, 0.1) is 6.04 Å². The van der Waals surface area contributed by atoms with Crippen LogP contribution in [0.5, 0.6) is 0 Å². The molecule has 1 aromatic carbocycles. The Kier molecular flexibility index (Phi) is 3.20. The second kappa shape index (κ2) is 4.39. The minimum Gasteiger partial charge on any atom is -0.439 e. The first-order valence-electron chi connectivity index (χ1n) is 6.45. The van der Waals surface area contributed by atoms with Crippen molar-refractivity contribution in [3.05, 3.63) is 29.7 Å². The SMILES string of the molecule is CC(C)C(N)c1nc2cc(C(C)(C)C)ccc2o1. The molecule has 0 amide bonds. The maximum absolute atomic E-state index is 6.07. The summed E-state index contributed by atoms with van der Waals surface area (Å²) in [5.74, 6) is 0.950. The van der Waals surface area contributed by atoms with E-state index < -0.39 is 0 Å². The van der Waals surface area contributed by atoms with Gasteiger partial charge in [-0.05, 0) is 29.0 Å². The summed E-state index contributed by atoms with van der Waals surface area (Å²) in [5.41, 5.74) is 9.16. The van der Waals surface area contributed by atoms with Gasteiger partial charge in [0.25, 0.3) is 0 Å². The first kappa shape index (κ1) is 13.1. The lowest BCUT2D eigenvalue weighted by atomic mass is 9.87. The van der Waals surface area contributed by atoms with E-state index in [1.807, 2.05) is 6.07 Å². The summed E-state index contributed by atoms with van der Waals surface area (Å²) in [5, 5.41) is 0. The van der Waals surface area contributed by atoms with Crippen molar-refractivity contribution in [2.45, 2.75) is 46.1 Å². The topological polar surface area (TPSA) is 52.0 Å². The number of benzene rings is 1. The molecule has 1 heterocycles. The molecule has 0 radical (unpaired) electrons. The summed E-state index contributed by atoms with van der Waals surface area (Å²) < 4.78 is 5.72. The third kappa shape index (κ3) is 2.41. The summed E-state index contributed by atoms with van der Waals surface area (Å²) in [6.45, 7) is 10.7. The molecule has 1 aromatic heterocycles. The van der Waals surface area contributed by atoms with Crippen molar-refractivity contribution >= 4 is 11.1 Å². The summed E-state index contributed by atoms with van der Waals surface area (Å²) in [6, 6.07) is 6.03. The van der Waals surface area contributed by atoms with Crippen LogP contribution in [0, 0.1) is 5.92 Å². The van der Waals surface area contributed by atoms with E-state index in [1.54, 1.807) is 0 Å². The van der Waals surface area contributed by atoms with Gasteiger partial charge in [-0.1, -0.05) is 40.7 Å². The monoisotopic (exact) mass is 246 g/mol. The summed E-state index contributed by atoms with van der Waals surface area (Å²) in [6.07, 6.45) is 0. The van der Waals surface area contributed by atoms with Crippen LogP contribution >= 0.6 is 0 Å². The summed E-state index contributed by atoms with van der Waals surface area (Å²) in [4.78, 5) is 4.52. The first-order valence-corrected chi connectivity index (χ1v) is 6.45. The normalized spacial score (nSPS) is 14.4. The van der Waals surface area contributed by atoms with Crippen molar-refractivity contribution in [2.75, 3.05) is 0 Å². The highest BCUT2D eigenvalue weighted by Crippen LogP contribution is 2.28. The average molecular weight is 246 g/mol. The van der Waals surface area contributed by atoms with E-state index in [1.165, 1.54) is 5.56 Å². The Bertz CT molecular complexity index is 549. The minimum atomic E-state index is -0.143. The number of rotatable bonds is 2. The molecular formula is C15H22N2O. The fourth-order valence-electron chi connectivity index (χ4n) is 1.84. The van der Waals surface area contributed by atoms with E-state index in [4.69, 9.17) is 10.2 Å². The first-order chi connectivity index (χ1) is 8.29. The number of aromatic nitrogens is 1. The van der Waals surface area contributed by atoms with E-state index >= 15 is 0 Å². The molecule has 0 bridgehead atoms. The Morgan fingerprint density at radius 3 is 2.44 bits per heavy atom. The maximum atomic E-state index is 6.07. The summed E-state index contributed by atoms with van der Waals surface area (Å²) >= 11 is 0. The van der Waals surface area contributed by atoms with E-state index in [2.05, 4.69) is 51.7 Å². The van der Waals surface area contributed by atoms with E-state index in [0.29, 0.717) is 11.8 Å². The van der Waals surface area contributed by atoms with Gasteiger partial charge in [0.1, 0.15) is 5.52 Å². The molecular weight excluding hydrogens is 224 g/mol. The lowest BCUT2D eigenvalue weighted by Gasteiger charge is -2.18. The Labute approximate surface area is 108 Å². The van der Waals surface area contributed by atoms with Gasteiger partial charge < -0.3 is 10.2 Å². The average Bonchev–Trinajstić information content (AvgIpc) is 2.68. The van der Waals surface area contributed by atoms with Crippen molar-refractivity contribution in [3.8, 4) is 0 Å². The van der Waals surface area contributed by atoms with Crippen LogP contribution in [0.4, 0.5) is 0 Å². The van der Waals surface area contributed by atoms with Crippen LogP contribution in [-0.2, 0) is 5.41 Å². The highest BCUT2D eigenvalue weighted by Gasteiger charge is 2.19. The second-order valence-electron chi connectivity index (χ2n) is 6.25. The molecule has 3 nitrogen and oxygen atoms in total. The maximum Gasteiger partial charge on any atom is 0.212 e. The molecule has 3 heteroatoms. The van der Waals surface area contributed by atoms with Crippen molar-refractivity contribution < 1.29 is 4.42 Å². The van der Waals surface area contributed by atoms with Gasteiger partial charge in [-0.2, -0.15) is 0 Å². The highest BCUT2D eigenvalue weighted by molar-refractivity contribution is 5.73. The van der Waals surface area contributed by atoms with E-state index in [0.717, 1.165) is 11.1 Å². The quantitative estimate of drug-likeness (QED) is 0.877. The van der Waals surface area contributed by atoms with E-state index in [-0.39, 0.29) is 11.5 Å². The number of nitrogens with two attached hydrogens (primary N) is 1. The lowest BCUT2D eigenvalue weighted by Crippen LogP contribution is -2.16. The van der Waals surface area contributed by atoms with Gasteiger partial charge in [0.15, 0.2) is 5.58 Å². The fourth-order valence-corrected chi connectivity index (χ4v) is 1.84. The van der Waals surface area contributed by atoms with Crippen LogP contribution < -0.4 is 5.73 Å². The molecule has 18 heavy (non-hydrogen) atoms. The van der Waals surface area contributed by atoms with Crippen molar-refractivity contribution in [2.24, 2.45) is 11.7 Å². The van der Waals surface area contributed by atoms with Crippen LogP contribution in [-0.4, -0.2) is 4.98 Å². The molecule has 0 saturated carbocycles. The fraction of sp³-hybridized carbons (Fsp3) is 0.533. The molecule has 0 aliphatic carbocycles. The van der Waals surface area contributed by atoms with Crippen molar-refractivity contribution in [1.82, 2.24) is 4.98 Å². The molecule has 0 aliphatic rings. The van der Waals surface area contributed by atoms with Crippen molar-refractivity contribution in [3.63, 3.8) is 0 Å². The molecule has 1 unspecified atom stereocenters. The van der Waals surface area contributed by atoms with Crippen LogP contribution in [0.15, 0.2) is 22.6 Å². The van der Waals surface area contributed by atoms with Crippen LogP contribution in [0.2, 0.25) is 0 Å². The van der Waals surface area contributed by atoms with Gasteiger partial charge in [0.2, 0.25) is 5.89 Å². The van der Waals surface area contributed by atoms with Gasteiger partial charge in [-0.3, -0.25) is 0 Å². The van der Waals surface area contributed by atoms with Crippen LogP contribution in [0.1, 0.15) is 52.1 Å². The highest BCUT2D eigenvalue weighted by atomic mass is 16.3. The molecule has 0 aliphatic heterocycles. The largest absolute Gasteiger partial charge is 0.439 e. The molecule has 0 spiro atoms. The van der Waals surface area contributed by atoms with Gasteiger partial charge >= 0.3 is 0 Å². The van der Waals surface area contributed by atoms with E-state index in [9.17, 15) is 0 Å².